The predicted octanol–water partition coefficient (Wildman–Crippen LogP) is 5.66. The number of hydrogen-bond donors (Lipinski definition) is 0. The van der Waals surface area contributed by atoms with Crippen molar-refractivity contribution >= 4 is 22.9 Å². The number of aromatic nitrogens is 1. The summed E-state index contributed by atoms with van der Waals surface area (Å²) < 4.78 is 0. The van der Waals surface area contributed by atoms with Crippen LogP contribution in [0.25, 0.3) is 11.3 Å². The summed E-state index contributed by atoms with van der Waals surface area (Å²) in [7, 11) is 0. The molecule has 1 aromatic heterocycles. The lowest BCUT2D eigenvalue weighted by molar-refractivity contribution is -0.116. The fourth-order valence-electron chi connectivity index (χ4n) is 3.00. The van der Waals surface area contributed by atoms with Crippen molar-refractivity contribution in [2.45, 2.75) is 46.0 Å². The zero-order valence-corrected chi connectivity index (χ0v) is 17.6. The van der Waals surface area contributed by atoms with E-state index in [1.807, 2.05) is 17.5 Å². The summed E-state index contributed by atoms with van der Waals surface area (Å²) in [6.45, 7) is 8.15. The van der Waals surface area contributed by atoms with Crippen LogP contribution in [0, 0.1) is 0 Å². The third-order valence-electron chi connectivity index (χ3n) is 4.64. The Balaban J connectivity index is 1.68. The first kappa shape index (κ1) is 20.2. The Morgan fingerprint density at radius 1 is 0.929 bits per heavy atom. The minimum atomic E-state index is 0.0401. The number of carbonyl (C=O) groups excluding carboxylic acids is 2. The lowest BCUT2D eigenvalue weighted by Crippen LogP contribution is -2.10. The van der Waals surface area contributed by atoms with Crippen molar-refractivity contribution in [1.29, 1.82) is 0 Å². The molecular formula is C24H25NO2S. The number of carbonyl (C=O) groups is 2. The van der Waals surface area contributed by atoms with Crippen molar-refractivity contribution in [3.8, 4) is 11.3 Å². The van der Waals surface area contributed by atoms with Gasteiger partial charge in [-0.15, -0.1) is 11.3 Å². The molecule has 1 heterocycles. The van der Waals surface area contributed by atoms with Crippen LogP contribution in [0.1, 0.15) is 54.2 Å². The second kappa shape index (κ2) is 8.19. The Morgan fingerprint density at radius 2 is 1.57 bits per heavy atom. The molecule has 0 bridgehead atoms. The highest BCUT2D eigenvalue weighted by Gasteiger charge is 2.15. The lowest BCUT2D eigenvalue weighted by Gasteiger charge is -2.18. The summed E-state index contributed by atoms with van der Waals surface area (Å²) in [6.07, 6.45) is 0.690. The molecule has 0 N–H and O–H groups in total. The van der Waals surface area contributed by atoms with Crippen molar-refractivity contribution in [1.82, 2.24) is 4.98 Å². The Labute approximate surface area is 170 Å². The first-order chi connectivity index (χ1) is 13.2. The van der Waals surface area contributed by atoms with Gasteiger partial charge in [0.25, 0.3) is 0 Å². The normalized spacial score (nSPS) is 11.4. The van der Waals surface area contributed by atoms with E-state index in [-0.39, 0.29) is 23.4 Å². The van der Waals surface area contributed by atoms with Crippen LogP contribution in [0.15, 0.2) is 53.9 Å². The van der Waals surface area contributed by atoms with Crippen molar-refractivity contribution in [2.75, 3.05) is 0 Å². The van der Waals surface area contributed by atoms with Crippen LogP contribution in [-0.2, 0) is 23.1 Å². The molecule has 0 spiro atoms. The molecule has 3 aromatic rings. The van der Waals surface area contributed by atoms with Crippen LogP contribution in [-0.4, -0.2) is 16.6 Å². The maximum absolute atomic E-state index is 12.5. The summed E-state index contributed by atoms with van der Waals surface area (Å²) in [5.41, 5.74) is 4.97. The van der Waals surface area contributed by atoms with E-state index in [0.29, 0.717) is 12.0 Å². The van der Waals surface area contributed by atoms with Gasteiger partial charge >= 0.3 is 0 Å². The summed E-state index contributed by atoms with van der Waals surface area (Å²) in [5.74, 6) is 0.156. The monoisotopic (exact) mass is 391 g/mol. The summed E-state index contributed by atoms with van der Waals surface area (Å²) >= 11 is 1.51. The molecular weight excluding hydrogens is 366 g/mol. The van der Waals surface area contributed by atoms with Gasteiger partial charge in [-0.05, 0) is 23.5 Å². The van der Waals surface area contributed by atoms with Crippen LogP contribution in [0.4, 0.5) is 0 Å². The van der Waals surface area contributed by atoms with E-state index >= 15 is 0 Å². The number of thiazole rings is 1. The zero-order chi connectivity index (χ0) is 20.3. The van der Waals surface area contributed by atoms with Crippen molar-refractivity contribution < 1.29 is 9.59 Å². The van der Waals surface area contributed by atoms with Gasteiger partial charge in [-0.25, -0.2) is 4.98 Å². The standard InChI is InChI=1S/C24H25NO2S/c1-16(26)13-17-5-7-19(8-6-17)22(27)14-23-25-21(15-28-23)18-9-11-20(12-10-18)24(2,3)4/h5-12,15H,13-14H2,1-4H3. The van der Waals surface area contributed by atoms with E-state index in [0.717, 1.165) is 21.8 Å². The quantitative estimate of drug-likeness (QED) is 0.509. The molecule has 3 rings (SSSR count). The number of Topliss-reactive ketones (excluding diaryl/α,β-unsaturated/α-hetero) is 2. The largest absolute Gasteiger partial charge is 0.300 e. The maximum atomic E-state index is 12.5. The molecule has 0 aliphatic carbocycles. The number of hydrogen-bond acceptors (Lipinski definition) is 4. The summed E-state index contributed by atoms with van der Waals surface area (Å²) in [5, 5.41) is 2.82. The van der Waals surface area contributed by atoms with Gasteiger partial charge in [-0.3, -0.25) is 9.59 Å². The molecule has 0 aliphatic rings. The number of rotatable bonds is 6. The fourth-order valence-corrected chi connectivity index (χ4v) is 3.80. The lowest BCUT2D eigenvalue weighted by atomic mass is 9.86. The minimum absolute atomic E-state index is 0.0401. The molecule has 0 saturated heterocycles. The maximum Gasteiger partial charge on any atom is 0.169 e. The Morgan fingerprint density at radius 3 is 2.14 bits per heavy atom. The number of benzene rings is 2. The second-order valence-electron chi connectivity index (χ2n) is 8.13. The number of ketones is 2. The highest BCUT2D eigenvalue weighted by molar-refractivity contribution is 7.10. The van der Waals surface area contributed by atoms with E-state index in [1.165, 1.54) is 16.9 Å². The molecule has 0 saturated carbocycles. The molecule has 0 aliphatic heterocycles. The fraction of sp³-hybridized carbons (Fsp3) is 0.292. The van der Waals surface area contributed by atoms with Crippen LogP contribution in [0.3, 0.4) is 0 Å². The van der Waals surface area contributed by atoms with Gasteiger partial charge in [0.05, 0.1) is 12.1 Å². The molecule has 0 unspecified atom stereocenters. The minimum Gasteiger partial charge on any atom is -0.300 e. The average molecular weight is 392 g/mol. The number of nitrogens with zero attached hydrogens (tertiary/aromatic N) is 1. The van der Waals surface area contributed by atoms with E-state index in [9.17, 15) is 9.59 Å². The summed E-state index contributed by atoms with van der Waals surface area (Å²) in [6, 6.07) is 15.7. The van der Waals surface area contributed by atoms with Crippen molar-refractivity contribution in [3.63, 3.8) is 0 Å². The topological polar surface area (TPSA) is 47.0 Å². The first-order valence-electron chi connectivity index (χ1n) is 9.39. The molecule has 0 amide bonds. The Kier molecular flexibility index (Phi) is 5.90. The van der Waals surface area contributed by atoms with E-state index in [1.54, 1.807) is 19.1 Å². The zero-order valence-electron chi connectivity index (χ0n) is 16.8. The van der Waals surface area contributed by atoms with Crippen molar-refractivity contribution in [2.24, 2.45) is 0 Å². The summed E-state index contributed by atoms with van der Waals surface area (Å²) in [4.78, 5) is 28.4. The van der Waals surface area contributed by atoms with Crippen LogP contribution in [0.2, 0.25) is 0 Å². The molecule has 4 heteroatoms. The molecule has 0 fully saturated rings. The molecule has 3 nitrogen and oxygen atoms in total. The van der Waals surface area contributed by atoms with Gasteiger partial charge in [0.2, 0.25) is 0 Å². The van der Waals surface area contributed by atoms with Crippen molar-refractivity contribution in [3.05, 3.63) is 75.6 Å². The highest BCUT2D eigenvalue weighted by Crippen LogP contribution is 2.27. The van der Waals surface area contributed by atoms with Gasteiger partial charge in [-0.1, -0.05) is 69.3 Å². The van der Waals surface area contributed by atoms with Gasteiger partial charge in [0.1, 0.15) is 10.8 Å². The van der Waals surface area contributed by atoms with Crippen LogP contribution < -0.4 is 0 Å². The smallest absolute Gasteiger partial charge is 0.169 e. The molecule has 0 radical (unpaired) electrons. The van der Waals surface area contributed by atoms with Gasteiger partial charge in [0.15, 0.2) is 5.78 Å². The Hall–Kier alpha value is -2.59. The molecule has 28 heavy (non-hydrogen) atoms. The van der Waals surface area contributed by atoms with E-state index in [2.05, 4.69) is 50.0 Å². The molecule has 0 atom stereocenters. The van der Waals surface area contributed by atoms with Gasteiger partial charge in [0, 0.05) is 22.9 Å². The highest BCUT2D eigenvalue weighted by atomic mass is 32.1. The van der Waals surface area contributed by atoms with E-state index < -0.39 is 0 Å². The van der Waals surface area contributed by atoms with Gasteiger partial charge in [-0.2, -0.15) is 0 Å². The Bertz CT molecular complexity index is 977. The SMILES string of the molecule is CC(=O)Cc1ccc(C(=O)Cc2nc(-c3ccc(C(C)(C)C)cc3)cs2)cc1. The predicted molar refractivity (Wildman–Crippen MR) is 115 cm³/mol. The van der Waals surface area contributed by atoms with Crippen LogP contribution in [0.5, 0.6) is 0 Å². The van der Waals surface area contributed by atoms with E-state index in [4.69, 9.17) is 0 Å². The second-order valence-corrected chi connectivity index (χ2v) is 9.07. The first-order valence-corrected chi connectivity index (χ1v) is 10.3. The third-order valence-corrected chi connectivity index (χ3v) is 5.49. The average Bonchev–Trinajstić information content (AvgIpc) is 3.09. The van der Waals surface area contributed by atoms with Gasteiger partial charge < -0.3 is 0 Å². The molecule has 2 aromatic carbocycles. The van der Waals surface area contributed by atoms with Crippen LogP contribution >= 0.6 is 11.3 Å². The third kappa shape index (κ3) is 5.02. The molecule has 144 valence electrons.